The van der Waals surface area contributed by atoms with E-state index in [-0.39, 0.29) is 17.6 Å². The Morgan fingerprint density at radius 1 is 1.32 bits per heavy atom. The summed E-state index contributed by atoms with van der Waals surface area (Å²) in [6, 6.07) is 8.13. The van der Waals surface area contributed by atoms with Gasteiger partial charge >= 0.3 is 0 Å². The van der Waals surface area contributed by atoms with Gasteiger partial charge in [0.2, 0.25) is 0 Å². The molecule has 0 bridgehead atoms. The molecule has 0 atom stereocenters. The lowest BCUT2D eigenvalue weighted by atomic mass is 10.2. The van der Waals surface area contributed by atoms with Crippen molar-refractivity contribution in [2.24, 2.45) is 0 Å². The molecule has 2 rings (SSSR count). The highest BCUT2D eigenvalue weighted by Crippen LogP contribution is 2.10. The van der Waals surface area contributed by atoms with Gasteiger partial charge in [-0.05, 0) is 24.6 Å². The molecule has 0 aliphatic carbocycles. The molecule has 1 aromatic carbocycles. The summed E-state index contributed by atoms with van der Waals surface area (Å²) in [5.74, 6) is -0.460. The van der Waals surface area contributed by atoms with Gasteiger partial charge in [-0.3, -0.25) is 9.59 Å². The van der Waals surface area contributed by atoms with Gasteiger partial charge in [0, 0.05) is 23.6 Å². The summed E-state index contributed by atoms with van der Waals surface area (Å²) in [5, 5.41) is 11.5. The fraction of sp³-hybridized carbons (Fsp3) is 0.143. The van der Waals surface area contributed by atoms with Gasteiger partial charge in [0.15, 0.2) is 5.43 Å². The molecule has 0 radical (unpaired) electrons. The van der Waals surface area contributed by atoms with E-state index in [4.69, 9.17) is 5.11 Å². The number of aliphatic hydroxyl groups is 1. The molecule has 0 aliphatic heterocycles. The number of aromatic nitrogens is 1. The van der Waals surface area contributed by atoms with Crippen molar-refractivity contribution in [3.05, 3.63) is 63.6 Å². The van der Waals surface area contributed by atoms with Crippen molar-refractivity contribution in [2.45, 2.75) is 13.5 Å². The summed E-state index contributed by atoms with van der Waals surface area (Å²) in [4.78, 5) is 26.4. The first-order chi connectivity index (χ1) is 9.10. The Labute approximate surface area is 109 Å². The number of anilines is 1. The lowest BCUT2D eigenvalue weighted by molar-refractivity contribution is 0.102. The van der Waals surface area contributed by atoms with Crippen molar-refractivity contribution >= 4 is 11.6 Å². The average molecular weight is 258 g/mol. The second-order valence-electron chi connectivity index (χ2n) is 4.20. The number of pyridine rings is 1. The first kappa shape index (κ1) is 13.0. The second-order valence-corrected chi connectivity index (χ2v) is 4.20. The van der Waals surface area contributed by atoms with Crippen LogP contribution in [0.5, 0.6) is 0 Å². The molecule has 1 heterocycles. The number of nitrogens with one attached hydrogen (secondary N) is 2. The molecule has 98 valence electrons. The van der Waals surface area contributed by atoms with Crippen LogP contribution in [0.25, 0.3) is 0 Å². The third kappa shape index (κ3) is 3.08. The molecule has 0 aliphatic rings. The van der Waals surface area contributed by atoms with Gasteiger partial charge in [0.05, 0.1) is 6.61 Å². The molecule has 1 aromatic heterocycles. The number of rotatable bonds is 3. The summed E-state index contributed by atoms with van der Waals surface area (Å²) in [5.41, 5.74) is 1.78. The Kier molecular flexibility index (Phi) is 3.77. The molecule has 1 amide bonds. The van der Waals surface area contributed by atoms with E-state index in [1.165, 1.54) is 12.3 Å². The smallest absolute Gasteiger partial charge is 0.261 e. The number of hydrogen-bond acceptors (Lipinski definition) is 3. The molecule has 5 heteroatoms. The number of carbonyl (C=O) groups is 1. The fourth-order valence-electron chi connectivity index (χ4n) is 1.64. The Morgan fingerprint density at radius 3 is 2.58 bits per heavy atom. The zero-order chi connectivity index (χ0) is 13.8. The highest BCUT2D eigenvalue weighted by Gasteiger charge is 2.10. The van der Waals surface area contributed by atoms with E-state index >= 15 is 0 Å². The number of carbonyl (C=O) groups excluding carboxylic acids is 1. The van der Waals surface area contributed by atoms with Crippen molar-refractivity contribution in [3.63, 3.8) is 0 Å². The molecule has 0 fully saturated rings. The predicted molar refractivity (Wildman–Crippen MR) is 72.1 cm³/mol. The number of hydrogen-bond donors (Lipinski definition) is 3. The van der Waals surface area contributed by atoms with Crippen LogP contribution in [0.2, 0.25) is 0 Å². The Balaban J connectivity index is 2.18. The van der Waals surface area contributed by atoms with Gasteiger partial charge in [0.25, 0.3) is 5.91 Å². The third-order valence-electron chi connectivity index (χ3n) is 2.70. The van der Waals surface area contributed by atoms with Crippen LogP contribution in [0.15, 0.2) is 41.3 Å². The minimum atomic E-state index is -0.460. The number of H-pyrrole nitrogens is 1. The van der Waals surface area contributed by atoms with E-state index in [0.29, 0.717) is 11.4 Å². The van der Waals surface area contributed by atoms with Crippen LogP contribution in [-0.2, 0) is 6.61 Å². The fourth-order valence-corrected chi connectivity index (χ4v) is 1.64. The molecule has 5 nitrogen and oxygen atoms in total. The second kappa shape index (κ2) is 5.49. The van der Waals surface area contributed by atoms with E-state index in [0.717, 1.165) is 5.56 Å². The highest BCUT2D eigenvalue weighted by atomic mass is 16.3. The third-order valence-corrected chi connectivity index (χ3v) is 2.70. The van der Waals surface area contributed by atoms with E-state index in [1.807, 2.05) is 0 Å². The van der Waals surface area contributed by atoms with Gasteiger partial charge in [0.1, 0.15) is 5.56 Å². The topological polar surface area (TPSA) is 82.2 Å². The monoisotopic (exact) mass is 258 g/mol. The van der Waals surface area contributed by atoms with E-state index in [1.54, 1.807) is 31.2 Å². The normalized spacial score (nSPS) is 10.2. The van der Waals surface area contributed by atoms with Gasteiger partial charge in [-0.1, -0.05) is 12.1 Å². The number of amides is 1. The quantitative estimate of drug-likeness (QED) is 0.778. The number of aryl methyl sites for hydroxylation is 1. The van der Waals surface area contributed by atoms with E-state index < -0.39 is 5.91 Å². The standard InChI is InChI=1S/C14H14N2O3/c1-9-6-13(18)12(7-15-9)14(19)16-11-4-2-10(8-17)3-5-11/h2-7,17H,8H2,1H3,(H,15,18)(H,16,19). The summed E-state index contributed by atoms with van der Waals surface area (Å²) in [6.45, 7) is 1.70. The zero-order valence-corrected chi connectivity index (χ0v) is 10.4. The number of aliphatic hydroxyl groups excluding tert-OH is 1. The first-order valence-electron chi connectivity index (χ1n) is 5.80. The van der Waals surface area contributed by atoms with Crippen molar-refractivity contribution in [1.82, 2.24) is 4.98 Å². The Bertz CT molecular complexity index is 644. The largest absolute Gasteiger partial charge is 0.392 e. The summed E-state index contributed by atoms with van der Waals surface area (Å²) < 4.78 is 0. The zero-order valence-electron chi connectivity index (χ0n) is 10.4. The van der Waals surface area contributed by atoms with Crippen LogP contribution in [0.3, 0.4) is 0 Å². The molecule has 0 spiro atoms. The minimum Gasteiger partial charge on any atom is -0.392 e. The van der Waals surface area contributed by atoms with Crippen molar-refractivity contribution in [3.8, 4) is 0 Å². The molecular weight excluding hydrogens is 244 g/mol. The SMILES string of the molecule is Cc1cc(=O)c(C(=O)Nc2ccc(CO)cc2)c[nH]1. The van der Waals surface area contributed by atoms with Crippen LogP contribution < -0.4 is 10.7 Å². The van der Waals surface area contributed by atoms with Crippen LogP contribution >= 0.6 is 0 Å². The maximum atomic E-state index is 11.9. The summed E-state index contributed by atoms with van der Waals surface area (Å²) in [6.07, 6.45) is 1.40. The van der Waals surface area contributed by atoms with Gasteiger partial charge in [-0.2, -0.15) is 0 Å². The van der Waals surface area contributed by atoms with Gasteiger partial charge < -0.3 is 15.4 Å². The van der Waals surface area contributed by atoms with Crippen LogP contribution in [0.4, 0.5) is 5.69 Å². The van der Waals surface area contributed by atoms with Crippen LogP contribution in [0, 0.1) is 6.92 Å². The summed E-state index contributed by atoms with van der Waals surface area (Å²) in [7, 11) is 0. The van der Waals surface area contributed by atoms with E-state index in [9.17, 15) is 9.59 Å². The van der Waals surface area contributed by atoms with Gasteiger partial charge in [-0.25, -0.2) is 0 Å². The molecular formula is C14H14N2O3. The number of benzene rings is 1. The Hall–Kier alpha value is -2.40. The molecule has 3 N–H and O–H groups in total. The van der Waals surface area contributed by atoms with Gasteiger partial charge in [-0.15, -0.1) is 0 Å². The molecule has 0 saturated heterocycles. The average Bonchev–Trinajstić information content (AvgIpc) is 2.39. The van der Waals surface area contributed by atoms with Crippen molar-refractivity contribution in [1.29, 1.82) is 0 Å². The number of aromatic amines is 1. The molecule has 19 heavy (non-hydrogen) atoms. The lowest BCUT2D eigenvalue weighted by Gasteiger charge is -2.05. The maximum absolute atomic E-state index is 11.9. The highest BCUT2D eigenvalue weighted by molar-refractivity contribution is 6.03. The van der Waals surface area contributed by atoms with Crippen molar-refractivity contribution < 1.29 is 9.90 Å². The first-order valence-corrected chi connectivity index (χ1v) is 5.80. The van der Waals surface area contributed by atoms with Crippen LogP contribution in [-0.4, -0.2) is 16.0 Å². The predicted octanol–water partition coefficient (Wildman–Crippen LogP) is 1.43. The van der Waals surface area contributed by atoms with Crippen LogP contribution in [0.1, 0.15) is 21.6 Å². The molecule has 0 saturated carbocycles. The maximum Gasteiger partial charge on any atom is 0.261 e. The molecule has 2 aromatic rings. The summed E-state index contributed by atoms with van der Waals surface area (Å²) >= 11 is 0. The molecule has 0 unspecified atom stereocenters. The van der Waals surface area contributed by atoms with E-state index in [2.05, 4.69) is 10.3 Å². The Morgan fingerprint density at radius 2 is 2.00 bits per heavy atom. The lowest BCUT2D eigenvalue weighted by Crippen LogP contribution is -2.21. The minimum absolute atomic E-state index is 0.0497. The van der Waals surface area contributed by atoms with Crippen molar-refractivity contribution in [2.75, 3.05) is 5.32 Å².